The van der Waals surface area contributed by atoms with E-state index in [-0.39, 0.29) is 42.7 Å². The first-order chi connectivity index (χ1) is 13.5. The van der Waals surface area contributed by atoms with Crippen LogP contribution in [0.3, 0.4) is 0 Å². The Morgan fingerprint density at radius 3 is 2.68 bits per heavy atom. The summed E-state index contributed by atoms with van der Waals surface area (Å²) in [5.41, 5.74) is 7.49. The first-order valence-corrected chi connectivity index (χ1v) is 9.63. The van der Waals surface area contributed by atoms with Gasteiger partial charge in [-0.15, -0.1) is 0 Å². The molecule has 8 nitrogen and oxygen atoms in total. The van der Waals surface area contributed by atoms with Gasteiger partial charge < -0.3 is 10.2 Å². The molecule has 3 aliphatic heterocycles. The van der Waals surface area contributed by atoms with Gasteiger partial charge in [0.2, 0.25) is 5.91 Å². The Hall–Kier alpha value is -2.52. The molecule has 0 bridgehead atoms. The molecule has 0 aliphatic carbocycles. The number of halogens is 1. The van der Waals surface area contributed by atoms with E-state index in [0.717, 1.165) is 29.8 Å². The molecule has 2 unspecified atom stereocenters. The summed E-state index contributed by atoms with van der Waals surface area (Å²) in [7, 11) is 0. The van der Waals surface area contributed by atoms with E-state index in [1.807, 2.05) is 6.07 Å². The highest BCUT2D eigenvalue weighted by Crippen LogP contribution is 2.32. The highest BCUT2D eigenvalue weighted by atomic mass is 19.1. The number of benzene rings is 1. The monoisotopic (exact) mass is 389 g/mol. The van der Waals surface area contributed by atoms with Crippen LogP contribution in [0.4, 0.5) is 9.18 Å². The third-order valence-corrected chi connectivity index (χ3v) is 5.93. The maximum absolute atomic E-state index is 13.6. The van der Waals surface area contributed by atoms with Gasteiger partial charge >= 0.3 is 6.03 Å². The van der Waals surface area contributed by atoms with Crippen molar-refractivity contribution in [1.29, 1.82) is 0 Å². The van der Waals surface area contributed by atoms with E-state index < -0.39 is 6.03 Å². The summed E-state index contributed by atoms with van der Waals surface area (Å²) in [4.78, 5) is 38.4. The zero-order valence-electron chi connectivity index (χ0n) is 15.5. The van der Waals surface area contributed by atoms with E-state index in [2.05, 4.69) is 16.2 Å². The van der Waals surface area contributed by atoms with Crippen LogP contribution in [0.15, 0.2) is 24.3 Å². The smallest absolute Gasteiger partial charge is 0.325 e. The van der Waals surface area contributed by atoms with E-state index in [4.69, 9.17) is 0 Å². The number of likely N-dealkylation sites (tertiary alicyclic amines) is 1. The van der Waals surface area contributed by atoms with E-state index in [1.54, 1.807) is 17.0 Å². The highest BCUT2D eigenvalue weighted by Gasteiger charge is 2.38. The molecule has 0 saturated carbocycles. The first kappa shape index (κ1) is 18.8. The fourth-order valence-corrected chi connectivity index (χ4v) is 4.38. The molecule has 3 heterocycles. The minimum Gasteiger partial charge on any atom is -0.341 e. The molecule has 4 rings (SSSR count). The van der Waals surface area contributed by atoms with Gasteiger partial charge in [-0.25, -0.2) is 9.18 Å². The van der Waals surface area contributed by atoms with Crippen molar-refractivity contribution in [3.63, 3.8) is 0 Å². The third-order valence-electron chi connectivity index (χ3n) is 5.93. The molecule has 3 aliphatic rings. The topological polar surface area (TPSA) is 93.8 Å². The number of urea groups is 1. The Kier molecular flexibility index (Phi) is 5.27. The Morgan fingerprint density at radius 2 is 2.00 bits per heavy atom. The molecule has 28 heavy (non-hydrogen) atoms. The van der Waals surface area contributed by atoms with Gasteiger partial charge in [-0.05, 0) is 36.5 Å². The number of amides is 4. The molecule has 1 aromatic rings. The van der Waals surface area contributed by atoms with E-state index in [9.17, 15) is 18.8 Å². The van der Waals surface area contributed by atoms with Gasteiger partial charge in [0.15, 0.2) is 0 Å². The van der Waals surface area contributed by atoms with Crippen molar-refractivity contribution in [3.8, 4) is 0 Å². The Morgan fingerprint density at radius 1 is 1.21 bits per heavy atom. The van der Waals surface area contributed by atoms with E-state index >= 15 is 0 Å². The number of nitrogens with one attached hydrogen (secondary N) is 3. The molecule has 4 amide bonds. The average Bonchev–Trinajstić information content (AvgIpc) is 3.30. The normalized spacial score (nSPS) is 26.0. The van der Waals surface area contributed by atoms with Crippen LogP contribution < -0.4 is 16.2 Å². The first-order valence-electron chi connectivity index (χ1n) is 9.63. The van der Waals surface area contributed by atoms with Gasteiger partial charge in [0.1, 0.15) is 12.4 Å². The van der Waals surface area contributed by atoms with Crippen LogP contribution in [-0.2, 0) is 9.59 Å². The van der Waals surface area contributed by atoms with Crippen molar-refractivity contribution in [1.82, 2.24) is 26.0 Å². The quantitative estimate of drug-likeness (QED) is 0.639. The Labute approximate surface area is 162 Å². The largest absolute Gasteiger partial charge is 0.341 e. The fourth-order valence-electron chi connectivity index (χ4n) is 4.38. The SMILES string of the molecule is O=C(CN1C(=O)CNC1=O)N1CCC(C2NNCC2c2cccc(F)c2)CC1. The number of rotatable bonds is 4. The van der Waals surface area contributed by atoms with Crippen LogP contribution in [-0.4, -0.2) is 66.4 Å². The van der Waals surface area contributed by atoms with Crippen LogP contribution in [0, 0.1) is 11.7 Å². The van der Waals surface area contributed by atoms with Crippen molar-refractivity contribution in [2.45, 2.75) is 24.8 Å². The van der Waals surface area contributed by atoms with Crippen molar-refractivity contribution in [2.24, 2.45) is 5.92 Å². The Bertz CT molecular complexity index is 765. The summed E-state index contributed by atoms with van der Waals surface area (Å²) in [6.07, 6.45) is 1.63. The molecule has 0 spiro atoms. The average molecular weight is 389 g/mol. The second-order valence-corrected chi connectivity index (χ2v) is 7.57. The second kappa shape index (κ2) is 7.84. The number of nitrogens with zero attached hydrogens (tertiary/aromatic N) is 2. The zero-order valence-corrected chi connectivity index (χ0v) is 15.5. The number of hydrogen-bond acceptors (Lipinski definition) is 5. The van der Waals surface area contributed by atoms with Gasteiger partial charge in [-0.1, -0.05) is 12.1 Å². The standard InChI is InChI=1S/C19H24FN5O3/c20-14-3-1-2-13(8-14)15-9-22-23-18(15)12-4-6-24(7-5-12)17(27)11-25-16(26)10-21-19(25)28/h1-3,8,12,15,18,22-23H,4-7,9-11H2,(H,21,28). The van der Waals surface area contributed by atoms with Crippen LogP contribution in [0.2, 0.25) is 0 Å². The number of carbonyl (C=O) groups excluding carboxylic acids is 3. The van der Waals surface area contributed by atoms with Crippen LogP contribution in [0.25, 0.3) is 0 Å². The van der Waals surface area contributed by atoms with Gasteiger partial charge in [0.25, 0.3) is 5.91 Å². The number of piperidine rings is 1. The van der Waals surface area contributed by atoms with Crippen molar-refractivity contribution < 1.29 is 18.8 Å². The fraction of sp³-hybridized carbons (Fsp3) is 0.526. The maximum Gasteiger partial charge on any atom is 0.325 e. The summed E-state index contributed by atoms with van der Waals surface area (Å²) >= 11 is 0. The number of imide groups is 1. The molecule has 3 N–H and O–H groups in total. The summed E-state index contributed by atoms with van der Waals surface area (Å²) in [6.45, 7) is 1.66. The summed E-state index contributed by atoms with van der Waals surface area (Å²) in [5, 5.41) is 2.42. The lowest BCUT2D eigenvalue weighted by molar-refractivity contribution is -0.137. The van der Waals surface area contributed by atoms with E-state index in [0.29, 0.717) is 19.0 Å². The van der Waals surface area contributed by atoms with Crippen LogP contribution >= 0.6 is 0 Å². The van der Waals surface area contributed by atoms with Gasteiger partial charge in [0.05, 0.1) is 6.54 Å². The molecule has 2 atom stereocenters. The molecule has 150 valence electrons. The molecule has 0 radical (unpaired) electrons. The number of carbonyl (C=O) groups is 3. The van der Waals surface area contributed by atoms with Crippen molar-refractivity contribution >= 4 is 17.8 Å². The van der Waals surface area contributed by atoms with Gasteiger partial charge in [-0.3, -0.25) is 25.3 Å². The lowest BCUT2D eigenvalue weighted by atomic mass is 9.80. The molecule has 0 aromatic heterocycles. The van der Waals surface area contributed by atoms with Gasteiger partial charge in [0, 0.05) is 31.6 Å². The molecule has 1 aromatic carbocycles. The van der Waals surface area contributed by atoms with Crippen LogP contribution in [0.1, 0.15) is 24.3 Å². The highest BCUT2D eigenvalue weighted by molar-refractivity contribution is 6.04. The predicted octanol–water partition coefficient (Wildman–Crippen LogP) is 0.176. The maximum atomic E-state index is 13.6. The molecular formula is C19H24FN5O3. The zero-order chi connectivity index (χ0) is 19.7. The third kappa shape index (κ3) is 3.72. The Balaban J connectivity index is 1.34. The molecule has 3 saturated heterocycles. The minimum absolute atomic E-state index is 0.0456. The summed E-state index contributed by atoms with van der Waals surface area (Å²) < 4.78 is 13.6. The van der Waals surface area contributed by atoms with Crippen molar-refractivity contribution in [2.75, 3.05) is 32.7 Å². The number of hydrazine groups is 1. The molecule has 3 fully saturated rings. The lowest BCUT2D eigenvalue weighted by Crippen LogP contribution is -2.49. The minimum atomic E-state index is -0.507. The molecule has 9 heteroatoms. The predicted molar refractivity (Wildman–Crippen MR) is 98.5 cm³/mol. The molecular weight excluding hydrogens is 365 g/mol. The van der Waals surface area contributed by atoms with Crippen molar-refractivity contribution in [3.05, 3.63) is 35.6 Å². The lowest BCUT2D eigenvalue weighted by Gasteiger charge is -2.37. The van der Waals surface area contributed by atoms with Gasteiger partial charge in [-0.2, -0.15) is 0 Å². The van der Waals surface area contributed by atoms with E-state index in [1.165, 1.54) is 6.07 Å². The second-order valence-electron chi connectivity index (χ2n) is 7.57. The van der Waals surface area contributed by atoms with Crippen LogP contribution in [0.5, 0.6) is 0 Å². The summed E-state index contributed by atoms with van der Waals surface area (Å²) in [6, 6.07) is 6.38. The summed E-state index contributed by atoms with van der Waals surface area (Å²) in [5.74, 6) is -0.280. The number of hydrogen-bond donors (Lipinski definition) is 3.